The van der Waals surface area contributed by atoms with Gasteiger partial charge in [-0.15, -0.1) is 0 Å². The van der Waals surface area contributed by atoms with Crippen molar-refractivity contribution in [3.63, 3.8) is 0 Å². The molecule has 0 heterocycles. The Hall–Kier alpha value is -1.10. The summed E-state index contributed by atoms with van der Waals surface area (Å²) in [6, 6.07) is 0. The van der Waals surface area contributed by atoms with Crippen molar-refractivity contribution in [1.29, 1.82) is 0 Å². The number of hydrogen-bond donors (Lipinski definition) is 3. The maximum absolute atomic E-state index is 11.3. The van der Waals surface area contributed by atoms with E-state index in [1.165, 1.54) is 6.92 Å². The van der Waals surface area contributed by atoms with Crippen molar-refractivity contribution in [2.24, 2.45) is 5.41 Å². The molecule has 0 radical (unpaired) electrons. The molecule has 5 nitrogen and oxygen atoms in total. The van der Waals surface area contributed by atoms with Crippen LogP contribution in [0.5, 0.6) is 0 Å². The van der Waals surface area contributed by atoms with Crippen molar-refractivity contribution in [3.8, 4) is 0 Å². The number of hydrogen-bond acceptors (Lipinski definition) is 3. The first-order valence-corrected chi connectivity index (χ1v) is 5.20. The van der Waals surface area contributed by atoms with E-state index in [1.807, 2.05) is 0 Å². The summed E-state index contributed by atoms with van der Waals surface area (Å²) in [5, 5.41) is 14.3. The lowest BCUT2D eigenvalue weighted by Crippen LogP contribution is -2.34. The van der Waals surface area contributed by atoms with Gasteiger partial charge in [0.05, 0.1) is 6.61 Å². The van der Waals surface area contributed by atoms with Crippen LogP contribution in [0.15, 0.2) is 0 Å². The molecule has 1 rings (SSSR count). The summed E-state index contributed by atoms with van der Waals surface area (Å²) >= 11 is 0. The van der Waals surface area contributed by atoms with Gasteiger partial charge in [0.1, 0.15) is 0 Å². The number of rotatable bonds is 6. The molecule has 0 aromatic carbocycles. The van der Waals surface area contributed by atoms with Crippen LogP contribution in [-0.2, 0) is 9.59 Å². The van der Waals surface area contributed by atoms with Crippen molar-refractivity contribution in [2.75, 3.05) is 19.7 Å². The van der Waals surface area contributed by atoms with E-state index < -0.39 is 0 Å². The molecular formula is C10H18N2O3. The Kier molecular flexibility index (Phi) is 4.08. The van der Waals surface area contributed by atoms with Gasteiger partial charge in [-0.1, -0.05) is 0 Å². The van der Waals surface area contributed by atoms with Crippen LogP contribution < -0.4 is 10.6 Å². The van der Waals surface area contributed by atoms with E-state index in [1.54, 1.807) is 0 Å². The van der Waals surface area contributed by atoms with Gasteiger partial charge in [0, 0.05) is 31.8 Å². The molecule has 1 aliphatic carbocycles. The quantitative estimate of drug-likeness (QED) is 0.552. The van der Waals surface area contributed by atoms with Gasteiger partial charge in [0.15, 0.2) is 0 Å². The molecule has 3 N–H and O–H groups in total. The average molecular weight is 214 g/mol. The molecule has 1 fully saturated rings. The van der Waals surface area contributed by atoms with E-state index in [0.29, 0.717) is 19.5 Å². The Morgan fingerprint density at radius 3 is 2.47 bits per heavy atom. The number of amides is 2. The molecule has 0 atom stereocenters. The predicted molar refractivity (Wildman–Crippen MR) is 55.1 cm³/mol. The summed E-state index contributed by atoms with van der Waals surface area (Å²) in [6.45, 7) is 2.47. The fourth-order valence-electron chi connectivity index (χ4n) is 1.29. The van der Waals surface area contributed by atoms with Gasteiger partial charge < -0.3 is 15.7 Å². The molecule has 5 heteroatoms. The van der Waals surface area contributed by atoms with E-state index in [9.17, 15) is 9.59 Å². The fraction of sp³-hybridized carbons (Fsp3) is 0.800. The van der Waals surface area contributed by atoms with Crippen molar-refractivity contribution in [2.45, 2.75) is 26.2 Å². The zero-order chi connectivity index (χ0) is 11.3. The molecule has 0 unspecified atom stereocenters. The molecule has 15 heavy (non-hydrogen) atoms. The topological polar surface area (TPSA) is 78.4 Å². The van der Waals surface area contributed by atoms with Crippen LogP contribution in [0.4, 0.5) is 0 Å². The second-order valence-corrected chi connectivity index (χ2v) is 4.17. The van der Waals surface area contributed by atoms with Gasteiger partial charge in [0.2, 0.25) is 11.8 Å². The van der Waals surface area contributed by atoms with Gasteiger partial charge in [-0.05, 0) is 12.8 Å². The Morgan fingerprint density at radius 1 is 1.33 bits per heavy atom. The summed E-state index contributed by atoms with van der Waals surface area (Å²) in [6.07, 6.45) is 2.26. The van der Waals surface area contributed by atoms with Crippen LogP contribution in [0, 0.1) is 5.41 Å². The number of nitrogens with one attached hydrogen (secondary N) is 2. The minimum absolute atomic E-state index is 0.0519. The van der Waals surface area contributed by atoms with Gasteiger partial charge in [-0.25, -0.2) is 0 Å². The molecule has 0 aliphatic heterocycles. The molecular weight excluding hydrogens is 196 g/mol. The Morgan fingerprint density at radius 2 is 2.00 bits per heavy atom. The normalized spacial score (nSPS) is 16.9. The Balaban J connectivity index is 2.06. The maximum Gasteiger partial charge on any atom is 0.221 e. The van der Waals surface area contributed by atoms with Crippen molar-refractivity contribution in [1.82, 2.24) is 10.6 Å². The standard InChI is InChI=1S/C10H18N2O3/c1-8(14)11-5-2-9(15)12-6-10(7-13)3-4-10/h13H,2-7H2,1H3,(H,11,14)(H,12,15). The Bertz CT molecular complexity index is 249. The largest absolute Gasteiger partial charge is 0.396 e. The first-order valence-electron chi connectivity index (χ1n) is 5.20. The van der Waals surface area contributed by atoms with Gasteiger partial charge in [0.25, 0.3) is 0 Å². The van der Waals surface area contributed by atoms with Crippen LogP contribution in [-0.4, -0.2) is 36.6 Å². The van der Waals surface area contributed by atoms with E-state index in [-0.39, 0.29) is 23.8 Å². The molecule has 86 valence electrons. The fourth-order valence-corrected chi connectivity index (χ4v) is 1.29. The van der Waals surface area contributed by atoms with E-state index >= 15 is 0 Å². The molecule has 0 saturated heterocycles. The highest BCUT2D eigenvalue weighted by Crippen LogP contribution is 2.44. The van der Waals surface area contributed by atoms with Crippen LogP contribution in [0.25, 0.3) is 0 Å². The molecule has 0 aromatic heterocycles. The van der Waals surface area contributed by atoms with Crippen LogP contribution in [0.3, 0.4) is 0 Å². The zero-order valence-electron chi connectivity index (χ0n) is 9.01. The number of aliphatic hydroxyl groups is 1. The highest BCUT2D eigenvalue weighted by atomic mass is 16.3. The summed E-state index contributed by atoms with van der Waals surface area (Å²) < 4.78 is 0. The molecule has 2 amide bonds. The minimum Gasteiger partial charge on any atom is -0.396 e. The van der Waals surface area contributed by atoms with E-state index in [4.69, 9.17) is 5.11 Å². The molecule has 0 aromatic rings. The van der Waals surface area contributed by atoms with Crippen molar-refractivity contribution < 1.29 is 14.7 Å². The molecule has 0 spiro atoms. The molecule has 1 aliphatic rings. The van der Waals surface area contributed by atoms with E-state index in [2.05, 4.69) is 10.6 Å². The van der Waals surface area contributed by atoms with Crippen molar-refractivity contribution >= 4 is 11.8 Å². The summed E-state index contributed by atoms with van der Waals surface area (Å²) in [7, 11) is 0. The van der Waals surface area contributed by atoms with Crippen molar-refractivity contribution in [3.05, 3.63) is 0 Å². The monoisotopic (exact) mass is 214 g/mol. The second kappa shape index (κ2) is 5.11. The first-order chi connectivity index (χ1) is 7.08. The molecule has 1 saturated carbocycles. The van der Waals surface area contributed by atoms with Crippen LogP contribution in [0.2, 0.25) is 0 Å². The number of aliphatic hydroxyl groups excluding tert-OH is 1. The molecule has 0 bridgehead atoms. The SMILES string of the molecule is CC(=O)NCCC(=O)NCC1(CO)CC1. The highest BCUT2D eigenvalue weighted by Gasteiger charge is 2.41. The van der Waals surface area contributed by atoms with Gasteiger partial charge in [-0.3, -0.25) is 9.59 Å². The smallest absolute Gasteiger partial charge is 0.221 e. The number of carbonyl (C=O) groups excluding carboxylic acids is 2. The van der Waals surface area contributed by atoms with Crippen LogP contribution in [0.1, 0.15) is 26.2 Å². The first kappa shape index (κ1) is 12.0. The zero-order valence-corrected chi connectivity index (χ0v) is 9.01. The lowest BCUT2D eigenvalue weighted by molar-refractivity contribution is -0.121. The predicted octanol–water partition coefficient (Wildman–Crippen LogP) is -0.599. The summed E-state index contributed by atoms with van der Waals surface area (Å²) in [5.74, 6) is -0.208. The summed E-state index contributed by atoms with van der Waals surface area (Å²) in [4.78, 5) is 21.8. The van der Waals surface area contributed by atoms with Crippen LogP contribution >= 0.6 is 0 Å². The third-order valence-electron chi connectivity index (χ3n) is 2.68. The number of carbonyl (C=O) groups is 2. The Labute approximate surface area is 89.2 Å². The average Bonchev–Trinajstić information content (AvgIpc) is 2.95. The highest BCUT2D eigenvalue weighted by molar-refractivity contribution is 5.77. The third-order valence-corrected chi connectivity index (χ3v) is 2.68. The minimum atomic E-state index is -0.128. The van der Waals surface area contributed by atoms with Gasteiger partial charge in [-0.2, -0.15) is 0 Å². The third kappa shape index (κ3) is 4.29. The maximum atomic E-state index is 11.3. The van der Waals surface area contributed by atoms with Gasteiger partial charge >= 0.3 is 0 Å². The second-order valence-electron chi connectivity index (χ2n) is 4.17. The lowest BCUT2D eigenvalue weighted by Gasteiger charge is -2.12. The lowest BCUT2D eigenvalue weighted by atomic mass is 10.1. The van der Waals surface area contributed by atoms with E-state index in [0.717, 1.165) is 12.8 Å². The summed E-state index contributed by atoms with van der Waals surface area (Å²) in [5.41, 5.74) is -0.0519.